The number of fused-ring (bicyclic) bond motifs is 1. The lowest BCUT2D eigenvalue weighted by Gasteiger charge is -2.22. The third kappa shape index (κ3) is 5.01. The van der Waals surface area contributed by atoms with Gasteiger partial charge in [0, 0.05) is 25.0 Å². The maximum Gasteiger partial charge on any atom is 0.243 e. The second-order valence-corrected chi connectivity index (χ2v) is 9.90. The van der Waals surface area contributed by atoms with Crippen molar-refractivity contribution in [2.45, 2.75) is 24.3 Å². The van der Waals surface area contributed by atoms with E-state index in [2.05, 4.69) is 5.32 Å². The highest BCUT2D eigenvalue weighted by atomic mass is 32.2. The first-order chi connectivity index (χ1) is 15.3. The van der Waals surface area contributed by atoms with Crippen LogP contribution in [0, 0.1) is 5.82 Å². The topological polar surface area (TPSA) is 82.9 Å². The molecule has 170 valence electrons. The Labute approximate surface area is 186 Å². The van der Waals surface area contributed by atoms with Gasteiger partial charge in [0.1, 0.15) is 17.2 Å². The van der Waals surface area contributed by atoms with Crippen molar-refractivity contribution in [1.29, 1.82) is 0 Å². The van der Waals surface area contributed by atoms with Crippen molar-refractivity contribution in [2.75, 3.05) is 32.7 Å². The average molecular weight is 460 g/mol. The van der Waals surface area contributed by atoms with Crippen LogP contribution in [0.2, 0.25) is 0 Å². The zero-order valence-electron chi connectivity index (χ0n) is 17.8. The smallest absolute Gasteiger partial charge is 0.243 e. The number of halogens is 1. The monoisotopic (exact) mass is 459 g/mol. The number of nitrogens with one attached hydrogen (secondary N) is 1. The lowest BCUT2D eigenvalue weighted by Crippen LogP contribution is -2.40. The molecule has 0 radical (unpaired) electrons. The minimum absolute atomic E-state index is 0.0738. The van der Waals surface area contributed by atoms with Crippen molar-refractivity contribution in [3.63, 3.8) is 0 Å². The normalized spacial score (nSPS) is 17.2. The maximum absolute atomic E-state index is 13.1. The molecule has 32 heavy (non-hydrogen) atoms. The minimum Gasteiger partial charge on any atom is -0.459 e. The fourth-order valence-corrected chi connectivity index (χ4v) is 5.35. The number of hydrogen-bond donors (Lipinski definition) is 1. The van der Waals surface area contributed by atoms with Crippen LogP contribution in [0.1, 0.15) is 25.1 Å². The van der Waals surface area contributed by atoms with Crippen LogP contribution in [0.3, 0.4) is 0 Å². The summed E-state index contributed by atoms with van der Waals surface area (Å²) >= 11 is 0. The van der Waals surface area contributed by atoms with Gasteiger partial charge in [-0.05, 0) is 56.3 Å². The molecule has 1 aliphatic rings. The molecule has 9 heteroatoms. The largest absolute Gasteiger partial charge is 0.459 e. The van der Waals surface area contributed by atoms with Gasteiger partial charge in [-0.2, -0.15) is 4.31 Å². The number of para-hydroxylation sites is 1. The van der Waals surface area contributed by atoms with Gasteiger partial charge >= 0.3 is 0 Å². The van der Waals surface area contributed by atoms with Gasteiger partial charge in [-0.1, -0.05) is 18.2 Å². The van der Waals surface area contributed by atoms with Crippen LogP contribution in [-0.4, -0.2) is 56.3 Å². The lowest BCUT2D eigenvalue weighted by atomic mass is 10.2. The second-order valence-electron chi connectivity index (χ2n) is 7.96. The van der Waals surface area contributed by atoms with Gasteiger partial charge in [0.15, 0.2) is 0 Å². The molecule has 1 amide bonds. The Morgan fingerprint density at radius 3 is 2.59 bits per heavy atom. The summed E-state index contributed by atoms with van der Waals surface area (Å²) in [7, 11) is -3.69. The summed E-state index contributed by atoms with van der Waals surface area (Å²) < 4.78 is 46.1. The first-order valence-electron chi connectivity index (χ1n) is 10.6. The molecule has 4 rings (SSSR count). The van der Waals surface area contributed by atoms with Crippen molar-refractivity contribution in [2.24, 2.45) is 0 Å². The van der Waals surface area contributed by atoms with Gasteiger partial charge < -0.3 is 9.73 Å². The molecule has 1 saturated heterocycles. The number of benzene rings is 2. The number of rotatable bonds is 6. The van der Waals surface area contributed by atoms with Gasteiger partial charge in [0.05, 0.1) is 17.5 Å². The Kier molecular flexibility index (Phi) is 6.59. The molecule has 0 aliphatic carbocycles. The van der Waals surface area contributed by atoms with E-state index in [1.165, 1.54) is 16.4 Å². The quantitative estimate of drug-likeness (QED) is 0.612. The second kappa shape index (κ2) is 9.40. The van der Waals surface area contributed by atoms with Crippen molar-refractivity contribution in [1.82, 2.24) is 14.5 Å². The van der Waals surface area contributed by atoms with Gasteiger partial charge in [-0.3, -0.25) is 9.69 Å². The number of carbonyl (C=O) groups is 1. The molecule has 1 atom stereocenters. The molecule has 0 spiro atoms. The summed E-state index contributed by atoms with van der Waals surface area (Å²) in [5, 5.41) is 3.94. The van der Waals surface area contributed by atoms with E-state index in [0.29, 0.717) is 31.8 Å². The van der Waals surface area contributed by atoms with Gasteiger partial charge in [-0.15, -0.1) is 0 Å². The molecule has 1 aromatic heterocycles. The van der Waals surface area contributed by atoms with Crippen LogP contribution >= 0.6 is 0 Å². The predicted molar refractivity (Wildman–Crippen MR) is 119 cm³/mol. The lowest BCUT2D eigenvalue weighted by molar-refractivity contribution is -0.123. The Morgan fingerprint density at radius 2 is 1.84 bits per heavy atom. The summed E-state index contributed by atoms with van der Waals surface area (Å²) in [5.41, 5.74) is 0.776. The van der Waals surface area contributed by atoms with E-state index in [9.17, 15) is 17.6 Å². The molecule has 1 aliphatic heterocycles. The zero-order valence-corrected chi connectivity index (χ0v) is 18.6. The number of amides is 1. The first kappa shape index (κ1) is 22.4. The fourth-order valence-electron chi connectivity index (χ4n) is 3.88. The molecule has 1 unspecified atom stereocenters. The third-order valence-electron chi connectivity index (χ3n) is 5.61. The van der Waals surface area contributed by atoms with E-state index >= 15 is 0 Å². The number of sulfonamides is 1. The van der Waals surface area contributed by atoms with E-state index in [1.807, 2.05) is 42.2 Å². The Hall–Kier alpha value is -2.75. The molecule has 0 bridgehead atoms. The van der Waals surface area contributed by atoms with E-state index in [0.717, 1.165) is 23.1 Å². The SMILES string of the molecule is CC(NC(=O)CN1CCCN(S(=O)(=O)c2ccc(F)cc2)CC1)c1cc2ccccc2o1. The molecule has 2 aromatic carbocycles. The summed E-state index contributed by atoms with van der Waals surface area (Å²) in [5.74, 6) is 0.0636. The number of nitrogens with zero attached hydrogens (tertiary/aromatic N) is 2. The molecular weight excluding hydrogens is 433 g/mol. The van der Waals surface area contributed by atoms with E-state index in [1.54, 1.807) is 0 Å². The highest BCUT2D eigenvalue weighted by molar-refractivity contribution is 7.89. The number of hydrogen-bond acceptors (Lipinski definition) is 5. The highest BCUT2D eigenvalue weighted by Crippen LogP contribution is 2.23. The van der Waals surface area contributed by atoms with E-state index < -0.39 is 15.8 Å². The Morgan fingerprint density at radius 1 is 1.09 bits per heavy atom. The number of carbonyl (C=O) groups excluding carboxylic acids is 1. The van der Waals surface area contributed by atoms with Crippen LogP contribution in [0.15, 0.2) is 63.9 Å². The molecule has 1 fully saturated rings. The summed E-state index contributed by atoms with van der Waals surface area (Å²) in [6.45, 7) is 3.72. The fraction of sp³-hybridized carbons (Fsp3) is 0.348. The van der Waals surface area contributed by atoms with Crippen molar-refractivity contribution in [3.05, 3.63) is 66.2 Å². The van der Waals surface area contributed by atoms with Crippen LogP contribution in [0.25, 0.3) is 11.0 Å². The predicted octanol–water partition coefficient (Wildman–Crippen LogP) is 3.15. The molecule has 3 aromatic rings. The van der Waals surface area contributed by atoms with E-state index in [-0.39, 0.29) is 29.9 Å². The van der Waals surface area contributed by atoms with Crippen molar-refractivity contribution < 1.29 is 22.0 Å². The molecular formula is C23H26FN3O4S. The van der Waals surface area contributed by atoms with Gasteiger partial charge in [-0.25, -0.2) is 12.8 Å². The maximum atomic E-state index is 13.1. The number of furan rings is 1. The first-order valence-corrected chi connectivity index (χ1v) is 12.0. The van der Waals surface area contributed by atoms with Crippen molar-refractivity contribution >= 4 is 26.9 Å². The zero-order chi connectivity index (χ0) is 22.7. The molecule has 0 saturated carbocycles. The molecule has 7 nitrogen and oxygen atoms in total. The standard InChI is InChI=1S/C23H26FN3O4S/c1-17(22-15-18-5-2-3-6-21(18)31-22)25-23(28)16-26-11-4-12-27(14-13-26)32(29,30)20-9-7-19(24)8-10-20/h2-3,5-10,15,17H,4,11-14,16H2,1H3,(H,25,28). The molecule has 2 heterocycles. The van der Waals surface area contributed by atoms with Crippen LogP contribution < -0.4 is 5.32 Å². The van der Waals surface area contributed by atoms with Gasteiger partial charge in [0.25, 0.3) is 0 Å². The summed E-state index contributed by atoms with van der Waals surface area (Å²) in [6.07, 6.45) is 0.604. The third-order valence-corrected chi connectivity index (χ3v) is 7.53. The van der Waals surface area contributed by atoms with Crippen LogP contribution in [0.5, 0.6) is 0 Å². The average Bonchev–Trinajstić information content (AvgIpc) is 3.06. The van der Waals surface area contributed by atoms with Crippen LogP contribution in [0.4, 0.5) is 4.39 Å². The summed E-state index contributed by atoms with van der Waals surface area (Å²) in [6, 6.07) is 14.2. The highest BCUT2D eigenvalue weighted by Gasteiger charge is 2.27. The molecule has 1 N–H and O–H groups in total. The van der Waals surface area contributed by atoms with E-state index in [4.69, 9.17) is 4.42 Å². The van der Waals surface area contributed by atoms with Crippen molar-refractivity contribution in [3.8, 4) is 0 Å². The Bertz CT molecular complexity index is 1160. The van der Waals surface area contributed by atoms with Crippen LogP contribution in [-0.2, 0) is 14.8 Å². The minimum atomic E-state index is -3.69. The van der Waals surface area contributed by atoms with Gasteiger partial charge in [0.2, 0.25) is 15.9 Å². The summed E-state index contributed by atoms with van der Waals surface area (Å²) in [4.78, 5) is 14.6. The Balaban J connectivity index is 1.33.